The van der Waals surface area contributed by atoms with Crippen molar-refractivity contribution >= 4 is 5.78 Å². The Morgan fingerprint density at radius 1 is 1.24 bits per heavy atom. The second-order valence-electron chi connectivity index (χ2n) is 4.88. The molecule has 0 saturated heterocycles. The Bertz CT molecular complexity index is 383. The highest BCUT2D eigenvalue weighted by Crippen LogP contribution is 2.19. The lowest BCUT2D eigenvalue weighted by Gasteiger charge is -2.25. The van der Waals surface area contributed by atoms with Crippen molar-refractivity contribution in [2.45, 2.75) is 46.1 Å². The fraction of sp³-hybridized carbons (Fsp3) is 0.533. The first-order chi connectivity index (χ1) is 7.91. The van der Waals surface area contributed by atoms with Gasteiger partial charge >= 0.3 is 0 Å². The third kappa shape index (κ3) is 3.40. The van der Waals surface area contributed by atoms with Crippen molar-refractivity contribution in [3.8, 4) is 0 Å². The Morgan fingerprint density at radius 3 is 2.18 bits per heavy atom. The van der Waals surface area contributed by atoms with Gasteiger partial charge in [0.25, 0.3) is 0 Å². The zero-order valence-electron chi connectivity index (χ0n) is 11.5. The van der Waals surface area contributed by atoms with Gasteiger partial charge in [0, 0.05) is 13.5 Å². The van der Waals surface area contributed by atoms with Gasteiger partial charge in [-0.25, -0.2) is 0 Å². The number of rotatable bonds is 5. The van der Waals surface area contributed by atoms with Crippen LogP contribution in [0.3, 0.4) is 0 Å². The third-order valence-corrected chi connectivity index (χ3v) is 3.36. The van der Waals surface area contributed by atoms with Crippen molar-refractivity contribution in [1.82, 2.24) is 0 Å². The van der Waals surface area contributed by atoms with Crippen LogP contribution in [-0.4, -0.2) is 18.5 Å². The van der Waals surface area contributed by atoms with Gasteiger partial charge < -0.3 is 4.74 Å². The fourth-order valence-electron chi connectivity index (χ4n) is 2.00. The molecule has 0 aliphatic heterocycles. The van der Waals surface area contributed by atoms with Crippen LogP contribution >= 0.6 is 0 Å². The van der Waals surface area contributed by atoms with E-state index in [-0.39, 0.29) is 5.78 Å². The quantitative estimate of drug-likeness (QED) is 0.782. The van der Waals surface area contributed by atoms with Gasteiger partial charge in [-0.1, -0.05) is 36.2 Å². The summed E-state index contributed by atoms with van der Waals surface area (Å²) in [6.45, 7) is 7.94. The first-order valence-electron chi connectivity index (χ1n) is 6.07. The standard InChI is InChI=1S/C15H22O2/c1-6-15(4,17-5)14(16)10-13-8-11(2)7-12(3)9-13/h7-9H,6,10H2,1-5H3. The molecule has 1 rings (SSSR count). The van der Waals surface area contributed by atoms with Gasteiger partial charge in [-0.3, -0.25) is 4.79 Å². The van der Waals surface area contributed by atoms with Gasteiger partial charge in [0.15, 0.2) is 5.78 Å². The van der Waals surface area contributed by atoms with Crippen LogP contribution in [0.4, 0.5) is 0 Å². The topological polar surface area (TPSA) is 26.3 Å². The molecule has 2 nitrogen and oxygen atoms in total. The van der Waals surface area contributed by atoms with E-state index in [1.54, 1.807) is 7.11 Å². The van der Waals surface area contributed by atoms with Crippen LogP contribution in [0.2, 0.25) is 0 Å². The highest BCUT2D eigenvalue weighted by molar-refractivity contribution is 5.88. The monoisotopic (exact) mass is 234 g/mol. The summed E-state index contributed by atoms with van der Waals surface area (Å²) in [6.07, 6.45) is 1.15. The summed E-state index contributed by atoms with van der Waals surface area (Å²) in [5, 5.41) is 0. The van der Waals surface area contributed by atoms with E-state index in [0.29, 0.717) is 12.8 Å². The molecule has 0 saturated carbocycles. The first-order valence-corrected chi connectivity index (χ1v) is 6.07. The molecule has 0 heterocycles. The number of methoxy groups -OCH3 is 1. The molecule has 2 heteroatoms. The van der Waals surface area contributed by atoms with Gasteiger partial charge in [0.1, 0.15) is 5.60 Å². The molecular formula is C15H22O2. The number of Topliss-reactive ketones (excluding diaryl/α,β-unsaturated/α-hetero) is 1. The number of hydrogen-bond acceptors (Lipinski definition) is 2. The second-order valence-corrected chi connectivity index (χ2v) is 4.88. The van der Waals surface area contributed by atoms with Gasteiger partial charge in [-0.05, 0) is 32.8 Å². The van der Waals surface area contributed by atoms with Crippen molar-refractivity contribution < 1.29 is 9.53 Å². The lowest BCUT2D eigenvalue weighted by Crippen LogP contribution is -2.37. The summed E-state index contributed by atoms with van der Waals surface area (Å²) in [6, 6.07) is 6.25. The molecule has 1 aromatic carbocycles. The number of ether oxygens (including phenoxy) is 1. The normalized spacial score (nSPS) is 14.4. The van der Waals surface area contributed by atoms with Crippen LogP contribution < -0.4 is 0 Å². The highest BCUT2D eigenvalue weighted by atomic mass is 16.5. The SMILES string of the molecule is CCC(C)(OC)C(=O)Cc1cc(C)cc(C)c1. The maximum absolute atomic E-state index is 12.2. The van der Waals surface area contributed by atoms with E-state index < -0.39 is 5.60 Å². The summed E-state index contributed by atoms with van der Waals surface area (Å²) in [5.74, 6) is 0.146. The van der Waals surface area contributed by atoms with Gasteiger partial charge in [0.2, 0.25) is 0 Å². The predicted octanol–water partition coefficient (Wildman–Crippen LogP) is 3.23. The molecular weight excluding hydrogens is 212 g/mol. The van der Waals surface area contributed by atoms with Crippen molar-refractivity contribution in [3.05, 3.63) is 34.9 Å². The van der Waals surface area contributed by atoms with E-state index in [4.69, 9.17) is 4.74 Å². The molecule has 0 N–H and O–H groups in total. The molecule has 1 aromatic rings. The smallest absolute Gasteiger partial charge is 0.168 e. The van der Waals surface area contributed by atoms with Crippen LogP contribution in [0.15, 0.2) is 18.2 Å². The molecule has 0 aromatic heterocycles. The van der Waals surface area contributed by atoms with Crippen LogP contribution in [0.5, 0.6) is 0 Å². The van der Waals surface area contributed by atoms with E-state index in [1.165, 1.54) is 11.1 Å². The van der Waals surface area contributed by atoms with E-state index in [2.05, 4.69) is 32.0 Å². The minimum Gasteiger partial charge on any atom is -0.371 e. The molecule has 0 radical (unpaired) electrons. The molecule has 0 bridgehead atoms. The summed E-state index contributed by atoms with van der Waals surface area (Å²) in [7, 11) is 1.60. The number of benzene rings is 1. The molecule has 0 aliphatic rings. The Kier molecular flexibility index (Phi) is 4.47. The molecule has 0 spiro atoms. The molecule has 1 unspecified atom stereocenters. The van der Waals surface area contributed by atoms with Crippen molar-refractivity contribution in [1.29, 1.82) is 0 Å². The zero-order valence-corrected chi connectivity index (χ0v) is 11.5. The number of ketones is 1. The Balaban J connectivity index is 2.87. The summed E-state index contributed by atoms with van der Waals surface area (Å²) in [4.78, 5) is 12.2. The Morgan fingerprint density at radius 2 is 1.76 bits per heavy atom. The second kappa shape index (κ2) is 5.46. The molecule has 94 valence electrons. The number of hydrogen-bond donors (Lipinski definition) is 0. The van der Waals surface area contributed by atoms with Crippen LogP contribution in [0, 0.1) is 13.8 Å². The van der Waals surface area contributed by atoms with Gasteiger partial charge in [-0.15, -0.1) is 0 Å². The number of carbonyl (C=O) groups is 1. The minimum absolute atomic E-state index is 0.146. The summed E-state index contributed by atoms with van der Waals surface area (Å²) >= 11 is 0. The van der Waals surface area contributed by atoms with Gasteiger partial charge in [0.05, 0.1) is 0 Å². The van der Waals surface area contributed by atoms with E-state index >= 15 is 0 Å². The van der Waals surface area contributed by atoms with Crippen molar-refractivity contribution in [3.63, 3.8) is 0 Å². The summed E-state index contributed by atoms with van der Waals surface area (Å²) < 4.78 is 5.33. The predicted molar refractivity (Wildman–Crippen MR) is 70.3 cm³/mol. The molecule has 0 amide bonds. The number of aryl methyl sites for hydroxylation is 2. The van der Waals surface area contributed by atoms with E-state index in [9.17, 15) is 4.79 Å². The van der Waals surface area contributed by atoms with Crippen LogP contribution in [0.25, 0.3) is 0 Å². The first kappa shape index (κ1) is 13.9. The largest absolute Gasteiger partial charge is 0.371 e. The lowest BCUT2D eigenvalue weighted by atomic mass is 9.91. The molecule has 0 aliphatic carbocycles. The van der Waals surface area contributed by atoms with Crippen LogP contribution in [-0.2, 0) is 16.0 Å². The zero-order chi connectivity index (χ0) is 13.1. The minimum atomic E-state index is -0.655. The highest BCUT2D eigenvalue weighted by Gasteiger charge is 2.30. The summed E-state index contributed by atoms with van der Waals surface area (Å²) in [5.41, 5.74) is 2.81. The van der Waals surface area contributed by atoms with E-state index in [1.807, 2.05) is 13.8 Å². The Labute approximate surface area is 104 Å². The Hall–Kier alpha value is -1.15. The average molecular weight is 234 g/mol. The fourth-order valence-corrected chi connectivity index (χ4v) is 2.00. The molecule has 17 heavy (non-hydrogen) atoms. The van der Waals surface area contributed by atoms with E-state index in [0.717, 1.165) is 5.56 Å². The van der Waals surface area contributed by atoms with Crippen molar-refractivity contribution in [2.75, 3.05) is 7.11 Å². The average Bonchev–Trinajstić information content (AvgIpc) is 2.26. The molecule has 0 fully saturated rings. The lowest BCUT2D eigenvalue weighted by molar-refractivity contribution is -0.138. The van der Waals surface area contributed by atoms with Crippen molar-refractivity contribution in [2.24, 2.45) is 0 Å². The van der Waals surface area contributed by atoms with Gasteiger partial charge in [-0.2, -0.15) is 0 Å². The third-order valence-electron chi connectivity index (χ3n) is 3.36. The number of carbonyl (C=O) groups excluding carboxylic acids is 1. The maximum atomic E-state index is 12.2. The maximum Gasteiger partial charge on any atom is 0.168 e. The molecule has 1 atom stereocenters. The van der Waals surface area contributed by atoms with Crippen LogP contribution in [0.1, 0.15) is 37.0 Å².